The van der Waals surface area contributed by atoms with Crippen molar-refractivity contribution in [3.8, 4) is 5.69 Å². The first-order chi connectivity index (χ1) is 14.9. The highest BCUT2D eigenvalue weighted by molar-refractivity contribution is 8.18. The van der Waals surface area contributed by atoms with Gasteiger partial charge in [-0.25, -0.2) is 0 Å². The molecule has 0 radical (unpaired) electrons. The molecule has 1 aliphatic rings. The molecule has 0 unspecified atom stereocenters. The van der Waals surface area contributed by atoms with Crippen molar-refractivity contribution in [3.63, 3.8) is 0 Å². The van der Waals surface area contributed by atoms with Crippen LogP contribution in [0.15, 0.2) is 71.6 Å². The van der Waals surface area contributed by atoms with E-state index in [-0.39, 0.29) is 6.54 Å². The Morgan fingerprint density at radius 2 is 1.68 bits per heavy atom. The fraction of sp³-hybridized carbons (Fsp3) is 0.125. The Kier molecular flexibility index (Phi) is 5.77. The Hall–Kier alpha value is -3.58. The van der Waals surface area contributed by atoms with Gasteiger partial charge in [0, 0.05) is 22.8 Å². The molecule has 2 heterocycles. The minimum Gasteiger partial charge on any atom is -0.325 e. The number of nitrogens with one attached hydrogen (secondary N) is 1. The predicted octanol–water partition coefficient (Wildman–Crippen LogP) is 4.77. The van der Waals surface area contributed by atoms with Crippen LogP contribution < -0.4 is 5.32 Å². The van der Waals surface area contributed by atoms with Crippen LogP contribution in [0.2, 0.25) is 0 Å². The van der Waals surface area contributed by atoms with E-state index < -0.39 is 17.1 Å². The Bertz CT molecular complexity index is 1180. The lowest BCUT2D eigenvalue weighted by atomic mass is 10.2. The standard InChI is InChI=1S/C24H21N3O3S/c1-16-8-11-18(12-9-16)25-22(28)15-26-23(29)21(31-24(26)30)14-20-13-10-17(2)27(20)19-6-4-3-5-7-19/h3-14H,15H2,1-2H3,(H,25,28)/b21-14-. The Morgan fingerprint density at radius 1 is 0.968 bits per heavy atom. The Balaban J connectivity index is 1.52. The van der Waals surface area contributed by atoms with Crippen molar-refractivity contribution in [2.45, 2.75) is 13.8 Å². The largest absolute Gasteiger partial charge is 0.325 e. The van der Waals surface area contributed by atoms with Gasteiger partial charge in [0.15, 0.2) is 0 Å². The monoisotopic (exact) mass is 431 g/mol. The molecule has 6 nitrogen and oxygen atoms in total. The molecule has 7 heteroatoms. The normalized spacial score (nSPS) is 15.0. The summed E-state index contributed by atoms with van der Waals surface area (Å²) in [5, 5.41) is 2.26. The zero-order chi connectivity index (χ0) is 22.0. The number of amides is 3. The lowest BCUT2D eigenvalue weighted by Gasteiger charge is -2.12. The second-order valence-corrected chi connectivity index (χ2v) is 8.25. The van der Waals surface area contributed by atoms with Gasteiger partial charge in [-0.15, -0.1) is 0 Å². The maximum atomic E-state index is 12.8. The van der Waals surface area contributed by atoms with Crippen molar-refractivity contribution >= 4 is 40.6 Å². The summed E-state index contributed by atoms with van der Waals surface area (Å²) in [6.07, 6.45) is 1.70. The van der Waals surface area contributed by atoms with E-state index in [1.807, 2.05) is 73.0 Å². The van der Waals surface area contributed by atoms with Crippen molar-refractivity contribution in [1.82, 2.24) is 9.47 Å². The number of thioether (sulfide) groups is 1. The van der Waals surface area contributed by atoms with Crippen molar-refractivity contribution in [3.05, 3.63) is 88.6 Å². The average Bonchev–Trinajstić information content (AvgIpc) is 3.24. The number of nitrogens with zero attached hydrogens (tertiary/aromatic N) is 2. The van der Waals surface area contributed by atoms with E-state index in [4.69, 9.17) is 0 Å². The van der Waals surface area contributed by atoms with Crippen LogP contribution in [0.5, 0.6) is 0 Å². The number of aromatic nitrogens is 1. The van der Waals surface area contributed by atoms with Gasteiger partial charge in [0.2, 0.25) is 5.91 Å². The minimum atomic E-state index is -0.465. The highest BCUT2D eigenvalue weighted by Crippen LogP contribution is 2.33. The smallest absolute Gasteiger partial charge is 0.294 e. The van der Waals surface area contributed by atoms with Crippen LogP contribution in [0.25, 0.3) is 11.8 Å². The second-order valence-electron chi connectivity index (χ2n) is 7.25. The molecule has 1 fully saturated rings. The third-order valence-corrected chi connectivity index (χ3v) is 5.82. The molecular formula is C24H21N3O3S. The molecule has 2 aromatic carbocycles. The van der Waals surface area contributed by atoms with E-state index in [2.05, 4.69) is 5.32 Å². The number of carbonyl (C=O) groups is 3. The molecule has 1 aliphatic heterocycles. The molecule has 1 aromatic heterocycles. The summed E-state index contributed by atoms with van der Waals surface area (Å²) >= 11 is 0.845. The summed E-state index contributed by atoms with van der Waals surface area (Å²) < 4.78 is 2.01. The van der Waals surface area contributed by atoms with Gasteiger partial charge in [0.25, 0.3) is 11.1 Å². The number of aryl methyl sites for hydroxylation is 2. The van der Waals surface area contributed by atoms with Gasteiger partial charge in [0.1, 0.15) is 6.54 Å². The molecule has 31 heavy (non-hydrogen) atoms. The van der Waals surface area contributed by atoms with Gasteiger partial charge >= 0.3 is 0 Å². The van der Waals surface area contributed by atoms with Crippen molar-refractivity contribution in [2.75, 3.05) is 11.9 Å². The van der Waals surface area contributed by atoms with Crippen molar-refractivity contribution in [1.29, 1.82) is 0 Å². The van der Waals surface area contributed by atoms with Gasteiger partial charge in [-0.3, -0.25) is 19.3 Å². The molecule has 3 amide bonds. The second kappa shape index (κ2) is 8.65. The van der Waals surface area contributed by atoms with Gasteiger partial charge in [-0.2, -0.15) is 0 Å². The molecule has 0 spiro atoms. The molecule has 156 valence electrons. The number of imide groups is 1. The third kappa shape index (κ3) is 4.46. The molecular weight excluding hydrogens is 410 g/mol. The summed E-state index contributed by atoms with van der Waals surface area (Å²) in [5.74, 6) is -0.886. The molecule has 4 rings (SSSR count). The van der Waals surface area contributed by atoms with Crippen LogP contribution in [-0.4, -0.2) is 33.1 Å². The van der Waals surface area contributed by atoms with Gasteiger partial charge in [0.05, 0.1) is 4.91 Å². The Labute approximate surface area is 184 Å². The first-order valence-electron chi connectivity index (χ1n) is 9.78. The van der Waals surface area contributed by atoms with Crippen LogP contribution in [-0.2, 0) is 9.59 Å². The average molecular weight is 432 g/mol. The van der Waals surface area contributed by atoms with Gasteiger partial charge in [-0.05, 0) is 68.1 Å². The Morgan fingerprint density at radius 3 is 2.39 bits per heavy atom. The molecule has 0 aliphatic carbocycles. The zero-order valence-electron chi connectivity index (χ0n) is 17.2. The lowest BCUT2D eigenvalue weighted by Crippen LogP contribution is -2.36. The molecule has 1 N–H and O–H groups in total. The topological polar surface area (TPSA) is 71.4 Å². The summed E-state index contributed by atoms with van der Waals surface area (Å²) in [7, 11) is 0. The highest BCUT2D eigenvalue weighted by atomic mass is 32.2. The van der Waals surface area contributed by atoms with Crippen LogP contribution in [0.4, 0.5) is 10.5 Å². The molecule has 0 atom stereocenters. The van der Waals surface area contributed by atoms with E-state index in [0.717, 1.165) is 39.3 Å². The van der Waals surface area contributed by atoms with E-state index >= 15 is 0 Å². The number of benzene rings is 2. The zero-order valence-corrected chi connectivity index (χ0v) is 18.0. The third-order valence-electron chi connectivity index (χ3n) is 4.91. The number of anilines is 1. The number of rotatable bonds is 5. The fourth-order valence-electron chi connectivity index (χ4n) is 3.35. The first kappa shape index (κ1) is 20.7. The van der Waals surface area contributed by atoms with E-state index in [1.165, 1.54) is 0 Å². The molecule has 3 aromatic rings. The maximum Gasteiger partial charge on any atom is 0.294 e. The van der Waals surface area contributed by atoms with Crippen LogP contribution in [0.3, 0.4) is 0 Å². The summed E-state index contributed by atoms with van der Waals surface area (Å²) in [4.78, 5) is 38.9. The van der Waals surface area contributed by atoms with Crippen LogP contribution in [0.1, 0.15) is 17.0 Å². The number of carbonyl (C=O) groups excluding carboxylic acids is 3. The lowest BCUT2D eigenvalue weighted by molar-refractivity contribution is -0.127. The SMILES string of the molecule is Cc1ccc(NC(=O)CN2C(=O)S/C(=C\c3ccc(C)n3-c3ccccc3)C2=O)cc1. The summed E-state index contributed by atoms with van der Waals surface area (Å²) in [6, 6.07) is 21.0. The highest BCUT2D eigenvalue weighted by Gasteiger charge is 2.36. The maximum absolute atomic E-state index is 12.8. The van der Waals surface area contributed by atoms with Crippen molar-refractivity contribution in [2.24, 2.45) is 0 Å². The van der Waals surface area contributed by atoms with Crippen LogP contribution >= 0.6 is 11.8 Å². The predicted molar refractivity (Wildman–Crippen MR) is 123 cm³/mol. The number of hydrogen-bond acceptors (Lipinski definition) is 4. The van der Waals surface area contributed by atoms with Crippen LogP contribution in [0, 0.1) is 13.8 Å². The van der Waals surface area contributed by atoms with E-state index in [1.54, 1.807) is 18.2 Å². The summed E-state index contributed by atoms with van der Waals surface area (Å²) in [6.45, 7) is 3.61. The van der Waals surface area contributed by atoms with Gasteiger partial charge in [-0.1, -0.05) is 35.9 Å². The fourth-order valence-corrected chi connectivity index (χ4v) is 4.18. The van der Waals surface area contributed by atoms with E-state index in [0.29, 0.717) is 10.6 Å². The van der Waals surface area contributed by atoms with Gasteiger partial charge < -0.3 is 9.88 Å². The molecule has 0 saturated carbocycles. The quantitative estimate of drug-likeness (QED) is 0.591. The van der Waals surface area contributed by atoms with Crippen molar-refractivity contribution < 1.29 is 14.4 Å². The number of para-hydroxylation sites is 1. The minimum absolute atomic E-state index is 0.295. The van der Waals surface area contributed by atoms with E-state index in [9.17, 15) is 14.4 Å². The molecule has 1 saturated heterocycles. The first-order valence-corrected chi connectivity index (χ1v) is 10.6. The molecule has 0 bridgehead atoms. The summed E-state index contributed by atoms with van der Waals surface area (Å²) in [5.41, 5.74) is 4.46. The number of hydrogen-bond donors (Lipinski definition) is 1.